The van der Waals surface area contributed by atoms with E-state index >= 15 is 0 Å². The predicted octanol–water partition coefficient (Wildman–Crippen LogP) is 3.51. The molecule has 0 atom stereocenters. The van der Waals surface area contributed by atoms with Crippen molar-refractivity contribution in [3.05, 3.63) is 34.9 Å². The van der Waals surface area contributed by atoms with Gasteiger partial charge in [0, 0.05) is 31.7 Å². The lowest BCUT2D eigenvalue weighted by Gasteiger charge is -2.36. The first kappa shape index (κ1) is 16.5. The highest BCUT2D eigenvalue weighted by molar-refractivity contribution is 5.94. The van der Waals surface area contributed by atoms with E-state index in [-0.39, 0.29) is 5.91 Å². The summed E-state index contributed by atoms with van der Waals surface area (Å²) >= 11 is 0. The number of benzene rings is 1. The van der Waals surface area contributed by atoms with E-state index in [1.165, 1.54) is 43.4 Å². The molecule has 126 valence electrons. The minimum absolute atomic E-state index is 0.201. The number of likely N-dealkylation sites (tertiary alicyclic amines) is 1. The van der Waals surface area contributed by atoms with Crippen LogP contribution in [-0.2, 0) is 12.8 Å². The number of carbonyl (C=O) groups is 1. The van der Waals surface area contributed by atoms with E-state index < -0.39 is 0 Å². The lowest BCUT2D eigenvalue weighted by atomic mass is 9.90. The molecule has 1 fully saturated rings. The van der Waals surface area contributed by atoms with Gasteiger partial charge >= 0.3 is 0 Å². The van der Waals surface area contributed by atoms with Crippen LogP contribution in [0.1, 0.15) is 60.5 Å². The normalized spacial score (nSPS) is 19.4. The first-order valence-electron chi connectivity index (χ1n) is 9.30. The summed E-state index contributed by atoms with van der Waals surface area (Å²) in [5, 5.41) is 0. The zero-order chi connectivity index (χ0) is 16.2. The maximum atomic E-state index is 12.8. The zero-order valence-electron chi connectivity index (χ0n) is 14.7. The molecule has 1 saturated heterocycles. The highest BCUT2D eigenvalue weighted by Gasteiger charge is 2.26. The number of hydrogen-bond acceptors (Lipinski definition) is 2. The van der Waals surface area contributed by atoms with Gasteiger partial charge in [-0.2, -0.15) is 0 Å². The van der Waals surface area contributed by atoms with Crippen molar-refractivity contribution in [2.24, 2.45) is 0 Å². The standard InChI is InChI=1S/C20H30N2O/c1-3-12-22-13-10-19(11-14-22)21(2)20(23)18-9-8-16-6-4-5-7-17(16)15-18/h8-9,15,19H,3-7,10-14H2,1-2H3. The van der Waals surface area contributed by atoms with E-state index in [9.17, 15) is 4.79 Å². The molecule has 0 unspecified atom stereocenters. The summed E-state index contributed by atoms with van der Waals surface area (Å²) < 4.78 is 0. The van der Waals surface area contributed by atoms with Crippen LogP contribution in [0.4, 0.5) is 0 Å². The van der Waals surface area contributed by atoms with Gasteiger partial charge in [-0.25, -0.2) is 0 Å². The second kappa shape index (κ2) is 7.48. The third-order valence-electron chi connectivity index (χ3n) is 5.56. The number of carbonyl (C=O) groups excluding carboxylic acids is 1. The molecule has 0 saturated carbocycles. The Balaban J connectivity index is 1.63. The van der Waals surface area contributed by atoms with Crippen LogP contribution in [0.2, 0.25) is 0 Å². The Morgan fingerprint density at radius 2 is 1.87 bits per heavy atom. The molecule has 3 nitrogen and oxygen atoms in total. The molecule has 1 aliphatic carbocycles. The van der Waals surface area contributed by atoms with Crippen molar-refractivity contribution in [1.29, 1.82) is 0 Å². The minimum atomic E-state index is 0.201. The van der Waals surface area contributed by atoms with Crippen molar-refractivity contribution in [2.45, 2.75) is 57.9 Å². The van der Waals surface area contributed by atoms with Crippen LogP contribution in [0, 0.1) is 0 Å². The fourth-order valence-corrected chi connectivity index (χ4v) is 4.08. The van der Waals surface area contributed by atoms with Gasteiger partial charge in [0.2, 0.25) is 0 Å². The van der Waals surface area contributed by atoms with Gasteiger partial charge in [-0.05, 0) is 74.8 Å². The van der Waals surface area contributed by atoms with Crippen molar-refractivity contribution in [1.82, 2.24) is 9.80 Å². The maximum Gasteiger partial charge on any atom is 0.253 e. The van der Waals surface area contributed by atoms with Gasteiger partial charge in [-0.15, -0.1) is 0 Å². The minimum Gasteiger partial charge on any atom is -0.339 e. The fraction of sp³-hybridized carbons (Fsp3) is 0.650. The number of hydrogen-bond donors (Lipinski definition) is 0. The number of piperidine rings is 1. The van der Waals surface area contributed by atoms with Crippen LogP contribution in [0.15, 0.2) is 18.2 Å². The summed E-state index contributed by atoms with van der Waals surface area (Å²) in [4.78, 5) is 17.4. The van der Waals surface area contributed by atoms with Crippen molar-refractivity contribution in [3.8, 4) is 0 Å². The van der Waals surface area contributed by atoms with E-state index in [1.54, 1.807) is 0 Å². The molecule has 0 aromatic heterocycles. The molecule has 2 aliphatic rings. The van der Waals surface area contributed by atoms with Crippen molar-refractivity contribution < 1.29 is 4.79 Å². The van der Waals surface area contributed by atoms with Gasteiger partial charge in [0.1, 0.15) is 0 Å². The van der Waals surface area contributed by atoms with Gasteiger partial charge in [-0.1, -0.05) is 13.0 Å². The fourth-order valence-electron chi connectivity index (χ4n) is 4.08. The second-order valence-corrected chi connectivity index (χ2v) is 7.18. The molecule has 0 radical (unpaired) electrons. The monoisotopic (exact) mass is 314 g/mol. The molecule has 0 spiro atoms. The van der Waals surface area contributed by atoms with E-state index in [0.717, 1.165) is 37.9 Å². The van der Waals surface area contributed by atoms with Gasteiger partial charge in [0.15, 0.2) is 0 Å². The van der Waals surface area contributed by atoms with E-state index in [1.807, 2.05) is 18.0 Å². The SMILES string of the molecule is CCCN1CCC(N(C)C(=O)c2ccc3c(c2)CCCC3)CC1. The Kier molecular flexibility index (Phi) is 5.37. The Morgan fingerprint density at radius 1 is 1.17 bits per heavy atom. The zero-order valence-corrected chi connectivity index (χ0v) is 14.7. The van der Waals surface area contributed by atoms with Crippen LogP contribution in [-0.4, -0.2) is 48.4 Å². The number of fused-ring (bicyclic) bond motifs is 1. The number of rotatable bonds is 4. The number of nitrogens with zero attached hydrogens (tertiary/aromatic N) is 2. The Morgan fingerprint density at radius 3 is 2.57 bits per heavy atom. The maximum absolute atomic E-state index is 12.8. The van der Waals surface area contributed by atoms with Gasteiger partial charge in [0.05, 0.1) is 0 Å². The Bertz CT molecular complexity index is 547. The van der Waals surface area contributed by atoms with Gasteiger partial charge in [0.25, 0.3) is 5.91 Å². The first-order valence-corrected chi connectivity index (χ1v) is 9.30. The summed E-state index contributed by atoms with van der Waals surface area (Å²) in [6.45, 7) is 5.67. The second-order valence-electron chi connectivity index (χ2n) is 7.18. The van der Waals surface area contributed by atoms with Crippen LogP contribution in [0.3, 0.4) is 0 Å². The van der Waals surface area contributed by atoms with Crippen LogP contribution in [0.25, 0.3) is 0 Å². The van der Waals surface area contributed by atoms with Crippen molar-refractivity contribution in [2.75, 3.05) is 26.7 Å². The summed E-state index contributed by atoms with van der Waals surface area (Å²) in [7, 11) is 1.99. The van der Waals surface area contributed by atoms with Crippen LogP contribution < -0.4 is 0 Å². The van der Waals surface area contributed by atoms with Gasteiger partial charge < -0.3 is 9.80 Å². The molecule has 3 heteroatoms. The van der Waals surface area contributed by atoms with Crippen LogP contribution in [0.5, 0.6) is 0 Å². The first-order chi connectivity index (χ1) is 11.2. The number of amides is 1. The smallest absolute Gasteiger partial charge is 0.253 e. The summed E-state index contributed by atoms with van der Waals surface area (Å²) in [6, 6.07) is 6.76. The van der Waals surface area contributed by atoms with Crippen molar-refractivity contribution in [3.63, 3.8) is 0 Å². The molecule has 1 aliphatic heterocycles. The molecule has 0 N–H and O–H groups in total. The molecule has 1 amide bonds. The topological polar surface area (TPSA) is 23.6 Å². The largest absolute Gasteiger partial charge is 0.339 e. The van der Waals surface area contributed by atoms with E-state index in [2.05, 4.69) is 24.0 Å². The van der Waals surface area contributed by atoms with Gasteiger partial charge in [-0.3, -0.25) is 4.79 Å². The third-order valence-corrected chi connectivity index (χ3v) is 5.56. The molecule has 1 aromatic carbocycles. The average molecular weight is 314 g/mol. The molecule has 1 heterocycles. The summed E-state index contributed by atoms with van der Waals surface area (Å²) in [6.07, 6.45) is 8.28. The Labute approximate surface area is 140 Å². The molecule has 0 bridgehead atoms. The quantitative estimate of drug-likeness (QED) is 0.849. The van der Waals surface area contributed by atoms with E-state index in [0.29, 0.717) is 6.04 Å². The predicted molar refractivity (Wildman–Crippen MR) is 94.9 cm³/mol. The Hall–Kier alpha value is -1.35. The average Bonchev–Trinajstić information content (AvgIpc) is 2.61. The molecule has 3 rings (SSSR count). The molecule has 23 heavy (non-hydrogen) atoms. The molecular weight excluding hydrogens is 284 g/mol. The lowest BCUT2D eigenvalue weighted by Crippen LogP contribution is -2.45. The lowest BCUT2D eigenvalue weighted by molar-refractivity contribution is 0.0642. The summed E-state index contributed by atoms with van der Waals surface area (Å²) in [5.74, 6) is 0.201. The van der Waals surface area contributed by atoms with E-state index in [4.69, 9.17) is 0 Å². The van der Waals surface area contributed by atoms with Crippen molar-refractivity contribution >= 4 is 5.91 Å². The van der Waals surface area contributed by atoms with Crippen LogP contribution >= 0.6 is 0 Å². The molecular formula is C20H30N2O. The highest BCUT2D eigenvalue weighted by Crippen LogP contribution is 2.24. The number of aryl methyl sites for hydroxylation is 2. The summed E-state index contributed by atoms with van der Waals surface area (Å²) in [5.41, 5.74) is 3.72. The third kappa shape index (κ3) is 3.77. The molecule has 1 aromatic rings. The highest BCUT2D eigenvalue weighted by atomic mass is 16.2.